The molecule has 1 amide bonds. The molecule has 11 heteroatoms. The van der Waals surface area contributed by atoms with Gasteiger partial charge in [-0.25, -0.2) is 4.79 Å². The van der Waals surface area contributed by atoms with Crippen LogP contribution in [0.25, 0.3) is 0 Å². The molecule has 8 nitrogen and oxygen atoms in total. The zero-order valence-corrected chi connectivity index (χ0v) is 18.9. The maximum Gasteiger partial charge on any atom is 0.490 e. The van der Waals surface area contributed by atoms with Crippen molar-refractivity contribution in [3.63, 3.8) is 0 Å². The number of amides is 1. The van der Waals surface area contributed by atoms with Gasteiger partial charge < -0.3 is 19.5 Å². The lowest BCUT2D eigenvalue weighted by Gasteiger charge is -2.53. The summed E-state index contributed by atoms with van der Waals surface area (Å²) in [7, 11) is 0. The molecule has 1 N–H and O–H groups in total. The van der Waals surface area contributed by atoms with Crippen LogP contribution >= 0.6 is 0 Å². The third-order valence-electron chi connectivity index (χ3n) is 5.59. The SMILES string of the molecule is Cc1cccc(COC2CCOC3(C2)CN(C(=O)c2cccc(C#N)c2)C3)n1.O=C(O)C(F)(F)F. The van der Waals surface area contributed by atoms with Crippen LogP contribution in [0.4, 0.5) is 13.2 Å². The highest BCUT2D eigenvalue weighted by atomic mass is 19.4. The molecule has 2 aliphatic heterocycles. The Hall–Kier alpha value is -3.49. The molecule has 0 radical (unpaired) electrons. The zero-order valence-electron chi connectivity index (χ0n) is 18.9. The Kier molecular flexibility index (Phi) is 8.09. The monoisotopic (exact) mass is 491 g/mol. The van der Waals surface area contributed by atoms with Crippen LogP contribution in [-0.2, 0) is 20.9 Å². The van der Waals surface area contributed by atoms with Gasteiger partial charge in [0.05, 0.1) is 43.1 Å². The number of carboxylic acid groups (broad SMARTS) is 1. The summed E-state index contributed by atoms with van der Waals surface area (Å²) in [4.78, 5) is 27.8. The largest absolute Gasteiger partial charge is 0.490 e. The molecule has 1 atom stereocenters. The number of hydrogen-bond donors (Lipinski definition) is 1. The van der Waals surface area contributed by atoms with Crippen LogP contribution in [0.1, 0.15) is 40.2 Å². The number of aromatic nitrogens is 1. The summed E-state index contributed by atoms with van der Waals surface area (Å²) >= 11 is 0. The number of rotatable bonds is 4. The fourth-order valence-corrected chi connectivity index (χ4v) is 3.93. The number of pyridine rings is 1. The fraction of sp³-hybridized carbons (Fsp3) is 0.417. The van der Waals surface area contributed by atoms with Gasteiger partial charge >= 0.3 is 12.1 Å². The number of likely N-dealkylation sites (tertiary alicyclic amines) is 1. The quantitative estimate of drug-likeness (QED) is 0.697. The third-order valence-corrected chi connectivity index (χ3v) is 5.59. The molecule has 4 rings (SSSR count). The van der Waals surface area contributed by atoms with Gasteiger partial charge in [0, 0.05) is 24.3 Å². The van der Waals surface area contributed by atoms with Gasteiger partial charge in [0.1, 0.15) is 5.60 Å². The van der Waals surface area contributed by atoms with Gasteiger partial charge in [-0.3, -0.25) is 9.78 Å². The van der Waals surface area contributed by atoms with E-state index in [4.69, 9.17) is 24.6 Å². The molecule has 186 valence electrons. The molecule has 35 heavy (non-hydrogen) atoms. The van der Waals surface area contributed by atoms with Crippen molar-refractivity contribution in [3.05, 3.63) is 65.0 Å². The molecule has 2 aromatic rings. The second-order valence-corrected chi connectivity index (χ2v) is 8.38. The third kappa shape index (κ3) is 7.00. The van der Waals surface area contributed by atoms with Gasteiger partial charge in [0.25, 0.3) is 5.91 Å². The van der Waals surface area contributed by atoms with E-state index in [1.165, 1.54) is 0 Å². The van der Waals surface area contributed by atoms with E-state index in [2.05, 4.69) is 11.1 Å². The first kappa shape index (κ1) is 26.1. The highest BCUT2D eigenvalue weighted by Gasteiger charge is 2.49. The van der Waals surface area contributed by atoms with E-state index in [0.717, 1.165) is 24.2 Å². The molecule has 1 aromatic carbocycles. The topological polar surface area (TPSA) is 113 Å². The van der Waals surface area contributed by atoms with E-state index in [-0.39, 0.29) is 17.6 Å². The van der Waals surface area contributed by atoms with Crippen LogP contribution in [0.5, 0.6) is 0 Å². The van der Waals surface area contributed by atoms with E-state index in [1.807, 2.05) is 25.1 Å². The van der Waals surface area contributed by atoms with Crippen molar-refractivity contribution in [1.29, 1.82) is 5.26 Å². The molecule has 1 unspecified atom stereocenters. The minimum absolute atomic E-state index is 0.0571. The van der Waals surface area contributed by atoms with Crippen LogP contribution in [0.3, 0.4) is 0 Å². The lowest BCUT2D eigenvalue weighted by molar-refractivity contribution is -0.192. The minimum Gasteiger partial charge on any atom is -0.475 e. The normalized spacial score (nSPS) is 18.6. The summed E-state index contributed by atoms with van der Waals surface area (Å²) in [5.74, 6) is -2.81. The standard InChI is InChI=1S/C22H23N3O3.C2HF3O2/c1-16-4-2-7-19(24-16)13-27-20-8-9-28-22(11-20)14-25(15-22)21(26)18-6-3-5-17(10-18)12-23;3-2(4,5)1(6)7/h2-7,10,20H,8-9,11,13-15H2,1H3;(H,6,7). The van der Waals surface area contributed by atoms with Gasteiger partial charge in [-0.15, -0.1) is 0 Å². The van der Waals surface area contributed by atoms with Crippen molar-refractivity contribution in [2.24, 2.45) is 0 Å². The van der Waals surface area contributed by atoms with E-state index < -0.39 is 12.1 Å². The Bertz CT molecular complexity index is 1110. The zero-order chi connectivity index (χ0) is 25.6. The van der Waals surface area contributed by atoms with Gasteiger partial charge in [-0.2, -0.15) is 18.4 Å². The fourth-order valence-electron chi connectivity index (χ4n) is 3.93. The molecule has 1 spiro atoms. The smallest absolute Gasteiger partial charge is 0.475 e. The molecule has 1 aromatic heterocycles. The Morgan fingerprint density at radius 1 is 1.29 bits per heavy atom. The molecule has 0 aliphatic carbocycles. The van der Waals surface area contributed by atoms with Crippen molar-refractivity contribution >= 4 is 11.9 Å². The maximum atomic E-state index is 12.7. The average Bonchev–Trinajstić information content (AvgIpc) is 2.81. The number of carboxylic acids is 1. The van der Waals surface area contributed by atoms with E-state index in [9.17, 15) is 18.0 Å². The number of aryl methyl sites for hydroxylation is 1. The molecule has 2 aliphatic rings. The first-order valence-corrected chi connectivity index (χ1v) is 10.8. The summed E-state index contributed by atoms with van der Waals surface area (Å²) in [6.45, 7) is 4.22. The molecule has 2 saturated heterocycles. The number of nitriles is 1. The Morgan fingerprint density at radius 2 is 1.97 bits per heavy atom. The average molecular weight is 491 g/mol. The molecular weight excluding hydrogens is 467 g/mol. The number of hydrogen-bond acceptors (Lipinski definition) is 6. The van der Waals surface area contributed by atoms with Gasteiger partial charge in [-0.05, 0) is 43.7 Å². The highest BCUT2D eigenvalue weighted by molar-refractivity contribution is 5.95. The van der Waals surface area contributed by atoms with Crippen molar-refractivity contribution in [1.82, 2.24) is 9.88 Å². The maximum absolute atomic E-state index is 12.7. The van der Waals surface area contributed by atoms with Crippen molar-refractivity contribution < 1.29 is 37.3 Å². The van der Waals surface area contributed by atoms with Crippen LogP contribution in [0, 0.1) is 18.3 Å². The predicted octanol–water partition coefficient (Wildman–Crippen LogP) is 3.49. The lowest BCUT2D eigenvalue weighted by Crippen LogP contribution is -2.67. The lowest BCUT2D eigenvalue weighted by atomic mass is 9.84. The number of nitrogens with zero attached hydrogens (tertiary/aromatic N) is 3. The van der Waals surface area contributed by atoms with Crippen molar-refractivity contribution in [2.75, 3.05) is 19.7 Å². The minimum atomic E-state index is -5.08. The summed E-state index contributed by atoms with van der Waals surface area (Å²) in [5, 5.41) is 16.1. The van der Waals surface area contributed by atoms with Crippen LogP contribution in [0.15, 0.2) is 42.5 Å². The molecule has 3 heterocycles. The number of carbonyl (C=O) groups is 2. The van der Waals surface area contributed by atoms with Crippen LogP contribution < -0.4 is 0 Å². The van der Waals surface area contributed by atoms with Crippen molar-refractivity contribution in [2.45, 2.75) is 44.3 Å². The molecule has 0 saturated carbocycles. The molecule has 0 bridgehead atoms. The van der Waals surface area contributed by atoms with E-state index in [0.29, 0.717) is 37.4 Å². The van der Waals surface area contributed by atoms with Gasteiger partial charge in [-0.1, -0.05) is 12.1 Å². The first-order valence-electron chi connectivity index (χ1n) is 10.8. The summed E-state index contributed by atoms with van der Waals surface area (Å²) in [5.41, 5.74) is 2.64. The Labute approximate surface area is 199 Å². The summed E-state index contributed by atoms with van der Waals surface area (Å²) in [6.07, 6.45) is -3.35. The second kappa shape index (κ2) is 10.8. The van der Waals surface area contributed by atoms with E-state index >= 15 is 0 Å². The van der Waals surface area contributed by atoms with Gasteiger partial charge in [0.2, 0.25) is 0 Å². The summed E-state index contributed by atoms with van der Waals surface area (Å²) in [6, 6.07) is 14.8. The predicted molar refractivity (Wildman–Crippen MR) is 116 cm³/mol. The Balaban J connectivity index is 0.000000429. The second-order valence-electron chi connectivity index (χ2n) is 8.38. The molecular formula is C24H24F3N3O5. The van der Waals surface area contributed by atoms with Crippen molar-refractivity contribution in [3.8, 4) is 6.07 Å². The molecule has 2 fully saturated rings. The number of alkyl halides is 3. The number of ether oxygens (including phenoxy) is 2. The highest BCUT2D eigenvalue weighted by Crippen LogP contribution is 2.36. The number of carbonyl (C=O) groups excluding carboxylic acids is 1. The number of halogens is 3. The van der Waals surface area contributed by atoms with E-state index in [1.54, 1.807) is 29.2 Å². The number of benzene rings is 1. The van der Waals surface area contributed by atoms with Crippen LogP contribution in [0.2, 0.25) is 0 Å². The van der Waals surface area contributed by atoms with Crippen LogP contribution in [-0.4, -0.2) is 64.4 Å². The first-order chi connectivity index (χ1) is 16.5. The van der Waals surface area contributed by atoms with Gasteiger partial charge in [0.15, 0.2) is 0 Å². The summed E-state index contributed by atoms with van der Waals surface area (Å²) < 4.78 is 43.8. The number of aliphatic carboxylic acids is 1. The Morgan fingerprint density at radius 3 is 2.60 bits per heavy atom.